The molecule has 2 fully saturated rings. The topological polar surface area (TPSA) is 104 Å². The third kappa shape index (κ3) is 3.93. The molecule has 1 aliphatic heterocycles. The molecular formula is C20H27N3O5S. The average molecular weight is 422 g/mol. The Morgan fingerprint density at radius 3 is 2.24 bits per heavy atom. The van der Waals surface area contributed by atoms with Crippen molar-refractivity contribution in [3.8, 4) is 0 Å². The van der Waals surface area contributed by atoms with Crippen LogP contribution >= 0.6 is 0 Å². The van der Waals surface area contributed by atoms with E-state index in [-0.39, 0.29) is 35.1 Å². The highest BCUT2D eigenvalue weighted by Gasteiger charge is 2.50. The third-order valence-corrected chi connectivity index (χ3v) is 7.74. The number of carbonyl (C=O) groups is 3. The Labute approximate surface area is 171 Å². The Morgan fingerprint density at radius 2 is 1.69 bits per heavy atom. The quantitative estimate of drug-likeness (QED) is 0.693. The van der Waals surface area contributed by atoms with Gasteiger partial charge in [0.2, 0.25) is 27.7 Å². The largest absolute Gasteiger partial charge is 0.350 e. The predicted octanol–water partition coefficient (Wildman–Crippen LogP) is 1.12. The van der Waals surface area contributed by atoms with Crippen LogP contribution < -0.4 is 5.32 Å². The molecule has 1 aromatic rings. The molecule has 0 aromatic heterocycles. The van der Waals surface area contributed by atoms with E-state index >= 15 is 0 Å². The minimum Gasteiger partial charge on any atom is -0.350 e. The minimum absolute atomic E-state index is 0.0184. The number of sulfonamides is 1. The van der Waals surface area contributed by atoms with E-state index in [2.05, 4.69) is 5.32 Å². The molecule has 0 spiro atoms. The molecule has 1 N–H and O–H groups in total. The SMILES string of the molecule is C[C@H](C(=O)NCc1ccccc1S(=O)(=O)N(C)C)N1C(=O)[C@H]2CCCC[C@H]2C1=O. The molecule has 1 aliphatic carbocycles. The van der Waals surface area contributed by atoms with Gasteiger partial charge in [-0.15, -0.1) is 0 Å². The highest BCUT2D eigenvalue weighted by Crippen LogP contribution is 2.38. The number of amides is 3. The molecule has 29 heavy (non-hydrogen) atoms. The fraction of sp³-hybridized carbons (Fsp3) is 0.550. The van der Waals surface area contributed by atoms with Gasteiger partial charge in [0, 0.05) is 20.6 Å². The maximum atomic E-state index is 12.7. The van der Waals surface area contributed by atoms with Crippen molar-refractivity contribution in [2.24, 2.45) is 11.8 Å². The summed E-state index contributed by atoms with van der Waals surface area (Å²) in [6.45, 7) is 1.51. The van der Waals surface area contributed by atoms with Crippen molar-refractivity contribution in [3.63, 3.8) is 0 Å². The number of rotatable bonds is 6. The lowest BCUT2D eigenvalue weighted by Gasteiger charge is -2.23. The monoisotopic (exact) mass is 421 g/mol. The summed E-state index contributed by atoms with van der Waals surface area (Å²) in [4.78, 5) is 39.2. The summed E-state index contributed by atoms with van der Waals surface area (Å²) in [5, 5.41) is 2.68. The van der Waals surface area contributed by atoms with Gasteiger partial charge in [-0.2, -0.15) is 0 Å². The number of likely N-dealkylation sites (tertiary alicyclic amines) is 1. The zero-order valence-electron chi connectivity index (χ0n) is 16.9. The summed E-state index contributed by atoms with van der Waals surface area (Å²) >= 11 is 0. The molecule has 0 bridgehead atoms. The summed E-state index contributed by atoms with van der Waals surface area (Å²) in [5.74, 6) is -1.63. The van der Waals surface area contributed by atoms with Gasteiger partial charge in [0.15, 0.2) is 0 Å². The molecule has 2 aliphatic rings. The lowest BCUT2D eigenvalue weighted by atomic mass is 9.81. The Balaban J connectivity index is 1.72. The number of benzene rings is 1. The van der Waals surface area contributed by atoms with Crippen LogP contribution in [-0.4, -0.2) is 55.5 Å². The maximum Gasteiger partial charge on any atom is 0.243 e. The molecule has 1 aromatic carbocycles. The van der Waals surface area contributed by atoms with Crippen molar-refractivity contribution in [1.82, 2.24) is 14.5 Å². The minimum atomic E-state index is -3.66. The van der Waals surface area contributed by atoms with Crippen LogP contribution in [0.5, 0.6) is 0 Å². The van der Waals surface area contributed by atoms with Gasteiger partial charge in [-0.25, -0.2) is 12.7 Å². The van der Waals surface area contributed by atoms with Gasteiger partial charge in [-0.1, -0.05) is 31.0 Å². The molecule has 0 radical (unpaired) electrons. The normalized spacial score (nSPS) is 23.2. The summed E-state index contributed by atoms with van der Waals surface area (Å²) in [5.41, 5.74) is 0.439. The van der Waals surface area contributed by atoms with E-state index in [1.807, 2.05) is 0 Å². The van der Waals surface area contributed by atoms with E-state index in [0.29, 0.717) is 18.4 Å². The molecule has 8 nitrogen and oxygen atoms in total. The van der Waals surface area contributed by atoms with Crippen LogP contribution in [0.1, 0.15) is 38.2 Å². The zero-order valence-corrected chi connectivity index (χ0v) is 17.7. The summed E-state index contributed by atoms with van der Waals surface area (Å²) in [6.07, 6.45) is 3.23. The van der Waals surface area contributed by atoms with Crippen molar-refractivity contribution in [3.05, 3.63) is 29.8 Å². The van der Waals surface area contributed by atoms with Gasteiger partial charge in [-0.05, 0) is 31.4 Å². The summed E-state index contributed by atoms with van der Waals surface area (Å²) in [7, 11) is -0.777. The van der Waals surface area contributed by atoms with Gasteiger partial charge >= 0.3 is 0 Å². The van der Waals surface area contributed by atoms with Crippen molar-refractivity contribution in [2.75, 3.05) is 14.1 Å². The standard InChI is InChI=1S/C20H27N3O5S/c1-13(23-19(25)15-9-5-6-10-16(15)20(23)26)18(24)21-12-14-8-4-7-11-17(14)29(27,28)22(2)3/h4,7-8,11,13,15-16H,5-6,9-10,12H2,1-3H3,(H,21,24)/t13-,15-,16+/m1/s1. The van der Waals surface area contributed by atoms with Gasteiger partial charge < -0.3 is 5.32 Å². The first-order valence-corrected chi connectivity index (χ1v) is 11.2. The van der Waals surface area contributed by atoms with Gasteiger partial charge in [0.25, 0.3) is 0 Å². The van der Waals surface area contributed by atoms with E-state index in [0.717, 1.165) is 22.0 Å². The molecule has 3 rings (SSSR count). The van der Waals surface area contributed by atoms with Gasteiger partial charge in [0.05, 0.1) is 16.7 Å². The van der Waals surface area contributed by atoms with E-state index in [4.69, 9.17) is 0 Å². The van der Waals surface area contributed by atoms with Crippen molar-refractivity contribution < 1.29 is 22.8 Å². The first kappa shape index (κ1) is 21.4. The van der Waals surface area contributed by atoms with Crippen molar-refractivity contribution >= 4 is 27.7 Å². The van der Waals surface area contributed by atoms with Gasteiger partial charge in [-0.3, -0.25) is 19.3 Å². The molecule has 9 heteroatoms. The van der Waals surface area contributed by atoms with Crippen LogP contribution in [0.15, 0.2) is 29.2 Å². The third-order valence-electron chi connectivity index (χ3n) is 5.83. The molecule has 1 saturated heterocycles. The summed E-state index contributed by atoms with van der Waals surface area (Å²) < 4.78 is 26.1. The molecule has 3 atom stereocenters. The molecule has 1 saturated carbocycles. The van der Waals surface area contributed by atoms with Crippen LogP contribution in [-0.2, 0) is 31.0 Å². The van der Waals surface area contributed by atoms with E-state index in [9.17, 15) is 22.8 Å². The van der Waals surface area contributed by atoms with Crippen LogP contribution in [0.3, 0.4) is 0 Å². The van der Waals surface area contributed by atoms with E-state index in [1.165, 1.54) is 27.1 Å². The van der Waals surface area contributed by atoms with Gasteiger partial charge in [0.1, 0.15) is 6.04 Å². The Hall–Kier alpha value is -2.26. The van der Waals surface area contributed by atoms with Crippen LogP contribution in [0.2, 0.25) is 0 Å². The average Bonchev–Trinajstić information content (AvgIpc) is 2.96. The predicted molar refractivity (Wildman–Crippen MR) is 106 cm³/mol. The number of nitrogens with one attached hydrogen (secondary N) is 1. The molecular weight excluding hydrogens is 394 g/mol. The maximum absolute atomic E-state index is 12.7. The zero-order chi connectivity index (χ0) is 21.3. The smallest absolute Gasteiger partial charge is 0.243 e. The highest BCUT2D eigenvalue weighted by molar-refractivity contribution is 7.89. The van der Waals surface area contributed by atoms with Crippen LogP contribution in [0, 0.1) is 11.8 Å². The van der Waals surface area contributed by atoms with Crippen molar-refractivity contribution in [1.29, 1.82) is 0 Å². The van der Waals surface area contributed by atoms with E-state index in [1.54, 1.807) is 18.2 Å². The summed E-state index contributed by atoms with van der Waals surface area (Å²) in [6, 6.07) is 5.49. The van der Waals surface area contributed by atoms with Crippen LogP contribution in [0.4, 0.5) is 0 Å². The lowest BCUT2D eigenvalue weighted by molar-refractivity contribution is -0.147. The molecule has 158 valence electrons. The first-order chi connectivity index (χ1) is 13.7. The van der Waals surface area contributed by atoms with E-state index < -0.39 is 22.0 Å². The second-order valence-electron chi connectivity index (χ2n) is 7.83. The Morgan fingerprint density at radius 1 is 1.14 bits per heavy atom. The molecule has 3 amide bonds. The number of carbonyl (C=O) groups excluding carboxylic acids is 3. The Kier molecular flexibility index (Phi) is 6.09. The fourth-order valence-corrected chi connectivity index (χ4v) is 5.23. The number of hydrogen-bond donors (Lipinski definition) is 1. The Bertz CT molecular complexity index is 904. The number of hydrogen-bond acceptors (Lipinski definition) is 5. The first-order valence-electron chi connectivity index (χ1n) is 9.81. The fourth-order valence-electron chi connectivity index (χ4n) is 4.12. The highest BCUT2D eigenvalue weighted by atomic mass is 32.2. The molecule has 1 heterocycles. The lowest BCUT2D eigenvalue weighted by Crippen LogP contribution is -2.48. The second kappa shape index (κ2) is 8.23. The molecule has 0 unspecified atom stereocenters. The number of fused-ring (bicyclic) bond motifs is 1. The number of nitrogens with zero attached hydrogens (tertiary/aromatic N) is 2. The second-order valence-corrected chi connectivity index (χ2v) is 9.95. The van der Waals surface area contributed by atoms with Crippen LogP contribution in [0.25, 0.3) is 0 Å². The van der Waals surface area contributed by atoms with Crippen molar-refractivity contribution in [2.45, 2.75) is 50.1 Å². The number of imide groups is 1.